The van der Waals surface area contributed by atoms with Crippen LogP contribution in [0.25, 0.3) is 0 Å². The molecule has 2 heterocycles. The van der Waals surface area contributed by atoms with Gasteiger partial charge in [0, 0.05) is 25.0 Å². The average molecular weight is 844 g/mol. The van der Waals surface area contributed by atoms with Crippen LogP contribution in [0.3, 0.4) is 0 Å². The molecule has 2 N–H and O–H groups in total. The lowest BCUT2D eigenvalue weighted by Crippen LogP contribution is -2.54. The lowest BCUT2D eigenvalue weighted by molar-refractivity contribution is -0.136. The van der Waals surface area contributed by atoms with Gasteiger partial charge in [-0.3, -0.25) is 39.0 Å². The van der Waals surface area contributed by atoms with E-state index in [4.69, 9.17) is 42.6 Å². The normalized spacial score (nSPS) is 15.0. The fourth-order valence-electron chi connectivity index (χ4n) is 6.00. The molecular formula is C42H57N3O15. The van der Waals surface area contributed by atoms with Gasteiger partial charge in [-0.15, -0.1) is 0 Å². The molecule has 2 aromatic rings. The summed E-state index contributed by atoms with van der Waals surface area (Å²) in [4.78, 5) is 74.2. The Labute approximate surface area is 349 Å². The van der Waals surface area contributed by atoms with Crippen molar-refractivity contribution in [3.8, 4) is 5.75 Å². The summed E-state index contributed by atoms with van der Waals surface area (Å²) < 4.78 is 49.6. The maximum Gasteiger partial charge on any atom is 0.264 e. The number of hydrogen-bond donors (Lipinski definition) is 2. The van der Waals surface area contributed by atoms with E-state index in [1.165, 1.54) is 6.07 Å². The van der Waals surface area contributed by atoms with E-state index >= 15 is 0 Å². The molecule has 330 valence electrons. The average Bonchev–Trinajstić information content (AvgIpc) is 3.50. The van der Waals surface area contributed by atoms with Crippen LogP contribution in [0.2, 0.25) is 0 Å². The number of nitrogens with one attached hydrogen (secondary N) is 2. The number of unbranched alkanes of at least 4 members (excludes halogenated alkanes) is 2. The van der Waals surface area contributed by atoms with Crippen molar-refractivity contribution >= 4 is 41.5 Å². The van der Waals surface area contributed by atoms with E-state index in [1.807, 2.05) is 0 Å². The largest absolute Gasteiger partial charge is 0.491 e. The monoisotopic (exact) mass is 843 g/mol. The molecule has 0 aromatic heterocycles. The fourth-order valence-corrected chi connectivity index (χ4v) is 6.00. The number of amides is 5. The molecule has 0 spiro atoms. The smallest absolute Gasteiger partial charge is 0.264 e. The van der Waals surface area contributed by atoms with Gasteiger partial charge in [0.25, 0.3) is 11.8 Å². The minimum absolute atomic E-state index is 0.0258. The zero-order valence-corrected chi connectivity index (χ0v) is 34.0. The van der Waals surface area contributed by atoms with Crippen molar-refractivity contribution in [2.24, 2.45) is 0 Å². The molecule has 0 bridgehead atoms. The van der Waals surface area contributed by atoms with Crippen molar-refractivity contribution in [3.63, 3.8) is 0 Å². The second kappa shape index (κ2) is 28.7. The minimum Gasteiger partial charge on any atom is -0.491 e. The number of benzene rings is 2. The molecule has 5 amide bonds. The van der Waals surface area contributed by atoms with Gasteiger partial charge in [-0.2, -0.15) is 0 Å². The van der Waals surface area contributed by atoms with Crippen LogP contribution >= 0.6 is 0 Å². The van der Waals surface area contributed by atoms with Gasteiger partial charge < -0.3 is 47.9 Å². The molecule has 1 unspecified atom stereocenters. The first-order chi connectivity index (χ1) is 29.4. The molecule has 2 aliphatic heterocycles. The van der Waals surface area contributed by atoms with Crippen LogP contribution in [0.4, 0.5) is 5.69 Å². The summed E-state index contributed by atoms with van der Waals surface area (Å²) in [5.41, 5.74) is 0.979. The van der Waals surface area contributed by atoms with E-state index in [0.29, 0.717) is 130 Å². The number of carbonyl (C=O) groups is 6. The molecule has 0 aliphatic carbocycles. The maximum atomic E-state index is 13.2. The number of ether oxygens (including phenoxy) is 9. The van der Waals surface area contributed by atoms with E-state index in [-0.39, 0.29) is 42.0 Å². The summed E-state index contributed by atoms with van der Waals surface area (Å²) >= 11 is 0. The molecule has 0 saturated carbocycles. The minimum atomic E-state index is -1.08. The highest BCUT2D eigenvalue weighted by atomic mass is 16.6. The third-order valence-electron chi connectivity index (χ3n) is 9.05. The lowest BCUT2D eigenvalue weighted by Gasteiger charge is -2.27. The topological polar surface area (TPSA) is 213 Å². The van der Waals surface area contributed by atoms with E-state index in [2.05, 4.69) is 10.6 Å². The zero-order chi connectivity index (χ0) is 42.6. The van der Waals surface area contributed by atoms with E-state index < -0.39 is 29.7 Å². The highest BCUT2D eigenvalue weighted by Gasteiger charge is 2.45. The summed E-state index contributed by atoms with van der Waals surface area (Å²) in [6.07, 6.45) is 3.22. The van der Waals surface area contributed by atoms with Crippen LogP contribution in [0.1, 0.15) is 69.6 Å². The van der Waals surface area contributed by atoms with E-state index in [1.54, 1.807) is 36.4 Å². The zero-order valence-electron chi connectivity index (χ0n) is 34.0. The van der Waals surface area contributed by atoms with E-state index in [0.717, 1.165) is 24.0 Å². The number of carbonyl (C=O) groups excluding carboxylic acids is 6. The van der Waals surface area contributed by atoms with Gasteiger partial charge in [0.15, 0.2) is 0 Å². The quantitative estimate of drug-likeness (QED) is 0.0589. The maximum absolute atomic E-state index is 13.2. The summed E-state index contributed by atoms with van der Waals surface area (Å²) in [6.45, 7) is 7.76. The number of aldehydes is 1. The van der Waals surface area contributed by atoms with Gasteiger partial charge in [-0.05, 0) is 55.7 Å². The van der Waals surface area contributed by atoms with Crippen molar-refractivity contribution in [1.82, 2.24) is 10.2 Å². The highest BCUT2D eigenvalue weighted by molar-refractivity contribution is 6.26. The Balaban J connectivity index is 0.842. The van der Waals surface area contributed by atoms with Crippen LogP contribution in [0, 0.1) is 0 Å². The number of imide groups is 2. The number of hydrogen-bond acceptors (Lipinski definition) is 15. The molecule has 18 heteroatoms. The van der Waals surface area contributed by atoms with Crippen molar-refractivity contribution in [3.05, 3.63) is 59.2 Å². The number of anilines is 1. The molecule has 1 saturated heterocycles. The second-order valence-corrected chi connectivity index (χ2v) is 13.5. The van der Waals surface area contributed by atoms with Crippen LogP contribution in [-0.4, -0.2) is 159 Å². The van der Waals surface area contributed by atoms with Crippen molar-refractivity contribution in [2.45, 2.75) is 44.6 Å². The first-order valence-corrected chi connectivity index (χ1v) is 20.3. The SMILES string of the molecule is O=Cc1ccc(OCCOCCOCCOCCOCCOCCOCCOCCOCCCCCC(=O)Nc2cccc3c2C(=O)N(C2CCC(=O)NC2=O)C3=O)cc1. The first kappa shape index (κ1) is 48.0. The van der Waals surface area contributed by atoms with Gasteiger partial charge in [-0.1, -0.05) is 12.5 Å². The Kier molecular flexibility index (Phi) is 23.0. The van der Waals surface area contributed by atoms with Crippen molar-refractivity contribution in [1.29, 1.82) is 0 Å². The molecule has 1 atom stereocenters. The Morgan fingerprint density at radius 2 is 1.15 bits per heavy atom. The molecule has 1 fully saturated rings. The Morgan fingerprint density at radius 3 is 1.67 bits per heavy atom. The second-order valence-electron chi connectivity index (χ2n) is 13.5. The highest BCUT2D eigenvalue weighted by Crippen LogP contribution is 2.32. The first-order valence-electron chi connectivity index (χ1n) is 20.3. The summed E-state index contributed by atoms with van der Waals surface area (Å²) in [7, 11) is 0. The van der Waals surface area contributed by atoms with Crippen molar-refractivity contribution < 1.29 is 71.4 Å². The molecule has 18 nitrogen and oxygen atoms in total. The molecule has 0 radical (unpaired) electrons. The number of nitrogens with zero attached hydrogens (tertiary/aromatic N) is 1. The van der Waals surface area contributed by atoms with Gasteiger partial charge in [0.1, 0.15) is 24.7 Å². The molecule has 2 aliphatic rings. The van der Waals surface area contributed by atoms with Gasteiger partial charge >= 0.3 is 0 Å². The fraction of sp³-hybridized carbons (Fsp3) is 0.571. The Hall–Kier alpha value is -4.66. The molecule has 2 aromatic carbocycles. The van der Waals surface area contributed by atoms with Gasteiger partial charge in [-0.25, -0.2) is 0 Å². The third-order valence-corrected chi connectivity index (χ3v) is 9.05. The van der Waals surface area contributed by atoms with Crippen LogP contribution in [0.5, 0.6) is 5.75 Å². The number of rotatable bonds is 34. The van der Waals surface area contributed by atoms with Crippen molar-refractivity contribution in [2.75, 3.05) is 118 Å². The van der Waals surface area contributed by atoms with Gasteiger partial charge in [0.2, 0.25) is 17.7 Å². The Morgan fingerprint density at radius 1 is 0.633 bits per heavy atom. The molecular weight excluding hydrogens is 786 g/mol. The summed E-state index contributed by atoms with van der Waals surface area (Å²) in [5, 5.41) is 4.90. The predicted octanol–water partition coefficient (Wildman–Crippen LogP) is 2.61. The summed E-state index contributed by atoms with van der Waals surface area (Å²) in [6, 6.07) is 10.4. The lowest BCUT2D eigenvalue weighted by atomic mass is 10.0. The third kappa shape index (κ3) is 17.5. The number of piperidine rings is 1. The standard InChI is InChI=1S/C42H57N3O15/c46-31-32-8-10-33(11-9-32)60-30-29-59-28-27-58-26-25-57-24-23-56-22-21-55-20-19-54-18-17-53-16-15-52-14-3-1-2-7-37(47)43-35-6-4-5-34-39(35)42(51)45(41(34)50)36-12-13-38(48)44-40(36)49/h4-6,8-11,31,36H,1-3,7,12-30H2,(H,43,47)(H,44,48,49). The van der Waals surface area contributed by atoms with Gasteiger partial charge in [0.05, 0.1) is 116 Å². The summed E-state index contributed by atoms with van der Waals surface area (Å²) in [5.74, 6) is -2.04. The molecule has 60 heavy (non-hydrogen) atoms. The van der Waals surface area contributed by atoms with Crippen LogP contribution in [-0.2, 0) is 52.3 Å². The number of fused-ring (bicyclic) bond motifs is 1. The van der Waals surface area contributed by atoms with Crippen LogP contribution in [0.15, 0.2) is 42.5 Å². The Bertz CT molecular complexity index is 1640. The van der Waals surface area contributed by atoms with E-state index in [9.17, 15) is 28.8 Å². The molecule has 4 rings (SSSR count). The predicted molar refractivity (Wildman–Crippen MR) is 214 cm³/mol. The van der Waals surface area contributed by atoms with Crippen LogP contribution < -0.4 is 15.4 Å².